The maximum atomic E-state index is 9.38. The third-order valence-corrected chi connectivity index (χ3v) is 3.04. The molecule has 0 bridgehead atoms. The molecule has 0 aliphatic carbocycles. The van der Waals surface area contributed by atoms with Crippen LogP contribution in [0.3, 0.4) is 0 Å². The molecule has 0 saturated heterocycles. The van der Waals surface area contributed by atoms with E-state index in [0.717, 1.165) is 22.4 Å². The zero-order valence-electron chi connectivity index (χ0n) is 10.6. The topological polar surface area (TPSA) is 35.8 Å². The van der Waals surface area contributed by atoms with Gasteiger partial charge in [-0.3, -0.25) is 0 Å². The Morgan fingerprint density at radius 3 is 2.11 bits per heavy atom. The van der Waals surface area contributed by atoms with Crippen molar-refractivity contribution in [1.29, 1.82) is 5.26 Å². The number of aryl methyl sites for hydroxylation is 2. The third kappa shape index (κ3) is 2.52. The van der Waals surface area contributed by atoms with E-state index in [1.807, 2.05) is 62.4 Å². The van der Waals surface area contributed by atoms with Gasteiger partial charge in [0.05, 0.1) is 6.07 Å². The molecule has 2 rings (SSSR count). The van der Waals surface area contributed by atoms with E-state index in [9.17, 15) is 5.26 Å². The van der Waals surface area contributed by atoms with Crippen molar-refractivity contribution in [2.45, 2.75) is 19.9 Å². The normalized spacial score (nSPS) is 11.6. The number of hydrogen-bond acceptors (Lipinski definition) is 2. The lowest BCUT2D eigenvalue weighted by molar-refractivity contribution is 0.965. The molecule has 18 heavy (non-hydrogen) atoms. The highest BCUT2D eigenvalue weighted by Crippen LogP contribution is 2.24. The fourth-order valence-electron chi connectivity index (χ4n) is 2.15. The number of benzene rings is 2. The molecular formula is C16H16N2. The second-order valence-electron chi connectivity index (χ2n) is 4.38. The number of anilines is 1. The average molecular weight is 236 g/mol. The van der Waals surface area contributed by atoms with E-state index in [2.05, 4.69) is 11.4 Å². The van der Waals surface area contributed by atoms with Crippen LogP contribution in [-0.2, 0) is 0 Å². The Morgan fingerprint density at radius 1 is 0.944 bits per heavy atom. The monoisotopic (exact) mass is 236 g/mol. The van der Waals surface area contributed by atoms with Crippen molar-refractivity contribution in [1.82, 2.24) is 0 Å². The van der Waals surface area contributed by atoms with Crippen molar-refractivity contribution in [2.75, 3.05) is 5.32 Å². The predicted molar refractivity (Wildman–Crippen MR) is 74.3 cm³/mol. The van der Waals surface area contributed by atoms with Crippen LogP contribution in [0.5, 0.6) is 0 Å². The molecule has 0 fully saturated rings. The maximum Gasteiger partial charge on any atom is 0.140 e. The number of nitrogens with zero attached hydrogens (tertiary/aromatic N) is 1. The summed E-state index contributed by atoms with van der Waals surface area (Å²) in [5.74, 6) is 0. The van der Waals surface area contributed by atoms with Gasteiger partial charge in [0.1, 0.15) is 6.04 Å². The van der Waals surface area contributed by atoms with Gasteiger partial charge in [-0.1, -0.05) is 36.4 Å². The first-order valence-electron chi connectivity index (χ1n) is 5.99. The summed E-state index contributed by atoms with van der Waals surface area (Å²) in [4.78, 5) is 0. The highest BCUT2D eigenvalue weighted by molar-refractivity contribution is 5.50. The smallest absolute Gasteiger partial charge is 0.140 e. The van der Waals surface area contributed by atoms with Crippen LogP contribution >= 0.6 is 0 Å². The van der Waals surface area contributed by atoms with Crippen LogP contribution in [0.4, 0.5) is 5.69 Å². The summed E-state index contributed by atoms with van der Waals surface area (Å²) in [5, 5.41) is 12.6. The van der Waals surface area contributed by atoms with E-state index >= 15 is 0 Å². The van der Waals surface area contributed by atoms with E-state index < -0.39 is 0 Å². The van der Waals surface area contributed by atoms with E-state index in [-0.39, 0.29) is 6.04 Å². The molecule has 0 aliphatic rings. The minimum atomic E-state index is -0.311. The summed E-state index contributed by atoms with van der Waals surface area (Å²) in [6.07, 6.45) is 0. The van der Waals surface area contributed by atoms with Gasteiger partial charge in [0.25, 0.3) is 0 Å². The summed E-state index contributed by atoms with van der Waals surface area (Å²) in [7, 11) is 0. The second kappa shape index (κ2) is 5.37. The quantitative estimate of drug-likeness (QED) is 0.875. The van der Waals surface area contributed by atoms with Crippen LogP contribution in [0.1, 0.15) is 22.7 Å². The maximum absolute atomic E-state index is 9.38. The SMILES string of the molecule is Cc1cccc(C)c1C(C#N)Nc1ccccc1. The van der Waals surface area contributed by atoms with Crippen molar-refractivity contribution in [3.63, 3.8) is 0 Å². The van der Waals surface area contributed by atoms with Crippen LogP contribution in [0, 0.1) is 25.2 Å². The lowest BCUT2D eigenvalue weighted by atomic mass is 9.96. The molecule has 2 aromatic carbocycles. The van der Waals surface area contributed by atoms with Gasteiger partial charge >= 0.3 is 0 Å². The van der Waals surface area contributed by atoms with Gasteiger partial charge in [0.15, 0.2) is 0 Å². The molecule has 0 spiro atoms. The number of para-hydroxylation sites is 1. The molecule has 90 valence electrons. The van der Waals surface area contributed by atoms with Gasteiger partial charge in [-0.05, 0) is 42.7 Å². The molecule has 0 aromatic heterocycles. The highest BCUT2D eigenvalue weighted by Gasteiger charge is 2.14. The Kier molecular flexibility index (Phi) is 3.64. The highest BCUT2D eigenvalue weighted by atomic mass is 14.9. The molecular weight excluding hydrogens is 220 g/mol. The van der Waals surface area contributed by atoms with Crippen molar-refractivity contribution < 1.29 is 0 Å². The summed E-state index contributed by atoms with van der Waals surface area (Å²) >= 11 is 0. The first-order valence-corrected chi connectivity index (χ1v) is 5.99. The van der Waals surface area contributed by atoms with Crippen molar-refractivity contribution in [2.24, 2.45) is 0 Å². The number of hydrogen-bond donors (Lipinski definition) is 1. The van der Waals surface area contributed by atoms with Gasteiger partial charge in [0.2, 0.25) is 0 Å². The first kappa shape index (κ1) is 12.2. The van der Waals surface area contributed by atoms with Crippen LogP contribution in [0.2, 0.25) is 0 Å². The van der Waals surface area contributed by atoms with Crippen LogP contribution in [0.15, 0.2) is 48.5 Å². The molecule has 1 N–H and O–H groups in total. The van der Waals surface area contributed by atoms with E-state index in [4.69, 9.17) is 0 Å². The summed E-state index contributed by atoms with van der Waals surface area (Å²) in [6.45, 7) is 4.08. The molecule has 0 aliphatic heterocycles. The molecule has 0 heterocycles. The molecule has 0 radical (unpaired) electrons. The standard InChI is InChI=1S/C16H16N2/c1-12-7-6-8-13(2)16(12)15(11-17)18-14-9-4-3-5-10-14/h3-10,15,18H,1-2H3. The van der Waals surface area contributed by atoms with Gasteiger partial charge < -0.3 is 5.32 Å². The van der Waals surface area contributed by atoms with Crippen LogP contribution in [0.25, 0.3) is 0 Å². The summed E-state index contributed by atoms with van der Waals surface area (Å²) < 4.78 is 0. The molecule has 2 aromatic rings. The molecule has 0 saturated carbocycles. The summed E-state index contributed by atoms with van der Waals surface area (Å²) in [5.41, 5.74) is 4.32. The molecule has 0 amide bonds. The van der Waals surface area contributed by atoms with Crippen molar-refractivity contribution in [3.8, 4) is 6.07 Å². The Bertz CT molecular complexity index is 547. The largest absolute Gasteiger partial charge is 0.366 e. The lowest BCUT2D eigenvalue weighted by Gasteiger charge is -2.17. The van der Waals surface area contributed by atoms with Gasteiger partial charge in [-0.25, -0.2) is 0 Å². The van der Waals surface area contributed by atoms with Gasteiger partial charge in [-0.15, -0.1) is 0 Å². The van der Waals surface area contributed by atoms with Crippen LogP contribution < -0.4 is 5.32 Å². The third-order valence-electron chi connectivity index (χ3n) is 3.04. The van der Waals surface area contributed by atoms with E-state index in [0.29, 0.717) is 0 Å². The Balaban J connectivity index is 2.33. The fraction of sp³-hybridized carbons (Fsp3) is 0.188. The Morgan fingerprint density at radius 2 is 1.56 bits per heavy atom. The lowest BCUT2D eigenvalue weighted by Crippen LogP contribution is -2.11. The van der Waals surface area contributed by atoms with E-state index in [1.165, 1.54) is 0 Å². The molecule has 1 unspecified atom stereocenters. The predicted octanol–water partition coefficient (Wildman–Crippen LogP) is 3.98. The van der Waals surface area contributed by atoms with E-state index in [1.54, 1.807) is 0 Å². The zero-order valence-corrected chi connectivity index (χ0v) is 10.6. The minimum absolute atomic E-state index is 0.311. The Labute approximate surface area is 108 Å². The first-order chi connectivity index (χ1) is 8.72. The van der Waals surface area contributed by atoms with Crippen LogP contribution in [-0.4, -0.2) is 0 Å². The fourth-order valence-corrected chi connectivity index (χ4v) is 2.15. The summed E-state index contributed by atoms with van der Waals surface area (Å²) in [6, 6.07) is 18.0. The number of nitrogens with one attached hydrogen (secondary N) is 1. The minimum Gasteiger partial charge on any atom is -0.366 e. The number of nitriles is 1. The molecule has 2 nitrogen and oxygen atoms in total. The molecule has 2 heteroatoms. The van der Waals surface area contributed by atoms with Crippen molar-refractivity contribution in [3.05, 3.63) is 65.2 Å². The van der Waals surface area contributed by atoms with Crippen molar-refractivity contribution >= 4 is 5.69 Å². The zero-order chi connectivity index (χ0) is 13.0. The Hall–Kier alpha value is -2.27. The second-order valence-corrected chi connectivity index (χ2v) is 4.38. The van der Waals surface area contributed by atoms with Gasteiger partial charge in [0, 0.05) is 5.69 Å². The van der Waals surface area contributed by atoms with Gasteiger partial charge in [-0.2, -0.15) is 5.26 Å². The molecule has 1 atom stereocenters. The number of rotatable bonds is 3. The average Bonchev–Trinajstić information content (AvgIpc) is 2.38.